The average Bonchev–Trinajstić information content (AvgIpc) is 3.26. The number of rotatable bonds is 4. The van der Waals surface area contributed by atoms with Crippen molar-refractivity contribution in [2.24, 2.45) is 0 Å². The molecule has 10 heteroatoms. The number of alkyl halides is 2. The lowest BCUT2D eigenvalue weighted by Gasteiger charge is -2.33. The molecule has 154 valence electrons. The number of nitrogens with one attached hydrogen (secondary N) is 1. The Hall–Kier alpha value is -2.78. The van der Waals surface area contributed by atoms with Crippen molar-refractivity contribution in [1.82, 2.24) is 24.7 Å². The molecule has 0 radical (unpaired) electrons. The highest BCUT2D eigenvalue weighted by Gasteiger charge is 2.39. The van der Waals surface area contributed by atoms with E-state index in [0.29, 0.717) is 29.8 Å². The largest absolute Gasteiger partial charge is 0.461 e. The molecule has 0 amide bonds. The van der Waals surface area contributed by atoms with Gasteiger partial charge >= 0.3 is 0 Å². The minimum Gasteiger partial charge on any atom is -0.461 e. The minimum atomic E-state index is -2.63. The molecule has 2 aliphatic carbocycles. The molecule has 3 aromatic rings. The average molecular weight is 405 g/mol. The Kier molecular flexibility index (Phi) is 4.18. The highest BCUT2D eigenvalue weighted by molar-refractivity contribution is 5.73. The number of fused-ring (bicyclic) bond motifs is 1. The van der Waals surface area contributed by atoms with Gasteiger partial charge in [0.1, 0.15) is 17.8 Å². The van der Waals surface area contributed by atoms with Gasteiger partial charge in [0.15, 0.2) is 5.65 Å². The predicted octanol–water partition coefficient (Wildman–Crippen LogP) is 3.49. The van der Waals surface area contributed by atoms with Crippen LogP contribution in [-0.4, -0.2) is 36.8 Å². The second-order valence-electron chi connectivity index (χ2n) is 7.95. The number of ether oxygens (including phenoxy) is 1. The highest BCUT2D eigenvalue weighted by Crippen LogP contribution is 2.40. The lowest BCUT2D eigenvalue weighted by Crippen LogP contribution is -2.36. The monoisotopic (exact) mass is 405 g/mol. The van der Waals surface area contributed by atoms with Crippen molar-refractivity contribution in [3.63, 3.8) is 0 Å². The van der Waals surface area contributed by atoms with Gasteiger partial charge in [-0.3, -0.25) is 9.78 Å². The van der Waals surface area contributed by atoms with E-state index in [9.17, 15) is 13.6 Å². The smallest absolute Gasteiger partial charge is 0.298 e. The van der Waals surface area contributed by atoms with Gasteiger partial charge in [0, 0.05) is 12.8 Å². The van der Waals surface area contributed by atoms with Gasteiger partial charge in [-0.05, 0) is 32.6 Å². The molecule has 2 fully saturated rings. The van der Waals surface area contributed by atoms with Crippen molar-refractivity contribution in [2.75, 3.05) is 0 Å². The molecule has 0 bridgehead atoms. The molecule has 2 saturated carbocycles. The van der Waals surface area contributed by atoms with Crippen LogP contribution in [0.2, 0.25) is 0 Å². The third kappa shape index (κ3) is 3.30. The van der Waals surface area contributed by atoms with Crippen molar-refractivity contribution in [1.29, 1.82) is 0 Å². The second-order valence-corrected chi connectivity index (χ2v) is 7.95. The number of nitrogens with zero attached hydrogens (tertiary/aromatic N) is 4. The molecule has 0 saturated heterocycles. The van der Waals surface area contributed by atoms with Crippen LogP contribution >= 0.6 is 0 Å². The van der Waals surface area contributed by atoms with E-state index in [1.54, 1.807) is 10.9 Å². The second kappa shape index (κ2) is 6.64. The first-order valence-electron chi connectivity index (χ1n) is 9.84. The predicted molar refractivity (Wildman–Crippen MR) is 98.2 cm³/mol. The van der Waals surface area contributed by atoms with E-state index in [-0.39, 0.29) is 42.5 Å². The molecule has 0 aromatic carbocycles. The maximum atomic E-state index is 13.5. The molecule has 3 heterocycles. The van der Waals surface area contributed by atoms with E-state index >= 15 is 0 Å². The van der Waals surface area contributed by atoms with Crippen molar-refractivity contribution in [2.45, 2.75) is 69.4 Å². The summed E-state index contributed by atoms with van der Waals surface area (Å²) in [5, 5.41) is 4.58. The van der Waals surface area contributed by atoms with Gasteiger partial charge in [0.05, 0.1) is 23.9 Å². The Morgan fingerprint density at radius 2 is 2.03 bits per heavy atom. The van der Waals surface area contributed by atoms with Crippen LogP contribution in [0.1, 0.15) is 62.1 Å². The SMILES string of the molecule is Cc1coc([C@H]2CCC2Oc2nc3c(cnn3C3CCC(F)(F)CC3)c(=O)[nH]2)n1. The van der Waals surface area contributed by atoms with E-state index in [4.69, 9.17) is 9.15 Å². The summed E-state index contributed by atoms with van der Waals surface area (Å²) < 4.78 is 40.0. The van der Waals surface area contributed by atoms with E-state index in [0.717, 1.165) is 18.5 Å². The van der Waals surface area contributed by atoms with Gasteiger partial charge < -0.3 is 9.15 Å². The van der Waals surface area contributed by atoms with Crippen molar-refractivity contribution < 1.29 is 17.9 Å². The van der Waals surface area contributed by atoms with Crippen LogP contribution in [0, 0.1) is 6.92 Å². The number of hydrogen-bond acceptors (Lipinski definition) is 6. The molecular weight excluding hydrogens is 384 g/mol. The zero-order valence-corrected chi connectivity index (χ0v) is 15.9. The van der Waals surface area contributed by atoms with E-state index in [1.165, 1.54) is 6.20 Å². The van der Waals surface area contributed by atoms with Crippen LogP contribution in [0.25, 0.3) is 11.0 Å². The van der Waals surface area contributed by atoms with E-state index in [1.807, 2.05) is 6.92 Å². The lowest BCUT2D eigenvalue weighted by atomic mass is 9.82. The third-order valence-corrected chi connectivity index (χ3v) is 5.90. The van der Waals surface area contributed by atoms with Gasteiger partial charge in [-0.2, -0.15) is 10.1 Å². The third-order valence-electron chi connectivity index (χ3n) is 5.90. The zero-order chi connectivity index (χ0) is 20.2. The van der Waals surface area contributed by atoms with Crippen LogP contribution in [0.3, 0.4) is 0 Å². The van der Waals surface area contributed by atoms with Crippen LogP contribution < -0.4 is 10.3 Å². The Balaban J connectivity index is 1.40. The number of aryl methyl sites for hydroxylation is 1. The Labute approximate surface area is 164 Å². The molecule has 2 aliphatic rings. The normalized spacial score (nSPS) is 24.5. The van der Waals surface area contributed by atoms with Gasteiger partial charge in [-0.25, -0.2) is 18.4 Å². The summed E-state index contributed by atoms with van der Waals surface area (Å²) in [6.07, 6.45) is 4.72. The summed E-state index contributed by atoms with van der Waals surface area (Å²) in [5.41, 5.74) is 0.808. The molecule has 1 unspecified atom stereocenters. The molecule has 3 aromatic heterocycles. The van der Waals surface area contributed by atoms with Gasteiger partial charge in [-0.1, -0.05) is 0 Å². The van der Waals surface area contributed by atoms with Gasteiger partial charge in [-0.15, -0.1) is 0 Å². The number of halogens is 2. The first-order valence-corrected chi connectivity index (χ1v) is 9.84. The maximum Gasteiger partial charge on any atom is 0.298 e. The number of hydrogen-bond donors (Lipinski definition) is 1. The molecule has 1 N–H and O–H groups in total. The fourth-order valence-corrected chi connectivity index (χ4v) is 4.09. The fourth-order valence-electron chi connectivity index (χ4n) is 4.09. The fraction of sp³-hybridized carbons (Fsp3) is 0.579. The maximum absolute atomic E-state index is 13.5. The van der Waals surface area contributed by atoms with Crippen LogP contribution in [-0.2, 0) is 0 Å². The summed E-state index contributed by atoms with van der Waals surface area (Å²) in [6, 6.07) is -0.107. The first-order chi connectivity index (χ1) is 13.9. The molecule has 5 rings (SSSR count). The Morgan fingerprint density at radius 1 is 1.24 bits per heavy atom. The summed E-state index contributed by atoms with van der Waals surface area (Å²) in [4.78, 5) is 23.9. The number of H-pyrrole nitrogens is 1. The highest BCUT2D eigenvalue weighted by atomic mass is 19.3. The topological polar surface area (TPSA) is 98.8 Å². The standard InChI is InChI=1S/C19H21F2N5O3/c1-10-9-28-17(23-10)12-2-3-14(12)29-18-24-15-13(16(27)25-18)8-22-26(15)11-4-6-19(20,21)7-5-11/h8-9,11-12,14H,2-7H2,1H3,(H,24,25,27)/t12-,14?/m0/s1. The number of oxazole rings is 1. The summed E-state index contributed by atoms with van der Waals surface area (Å²) in [7, 11) is 0. The molecule has 2 atom stereocenters. The molecular formula is C19H21F2N5O3. The molecule has 0 aliphatic heterocycles. The van der Waals surface area contributed by atoms with E-state index in [2.05, 4.69) is 20.1 Å². The summed E-state index contributed by atoms with van der Waals surface area (Å²) in [5.74, 6) is -2.00. The quantitative estimate of drug-likeness (QED) is 0.713. The van der Waals surface area contributed by atoms with Gasteiger partial charge in [0.25, 0.3) is 11.6 Å². The van der Waals surface area contributed by atoms with Crippen molar-refractivity contribution in [3.05, 3.63) is 34.4 Å². The summed E-state index contributed by atoms with van der Waals surface area (Å²) in [6.45, 7) is 1.86. The number of aromatic amines is 1. The zero-order valence-electron chi connectivity index (χ0n) is 15.9. The molecule has 29 heavy (non-hydrogen) atoms. The van der Waals surface area contributed by atoms with E-state index < -0.39 is 5.92 Å². The Morgan fingerprint density at radius 3 is 2.69 bits per heavy atom. The number of aromatic nitrogens is 5. The van der Waals surface area contributed by atoms with Gasteiger partial charge in [0.2, 0.25) is 11.8 Å². The minimum absolute atomic E-state index is 0.00943. The van der Waals surface area contributed by atoms with Crippen LogP contribution in [0.15, 0.2) is 21.7 Å². The van der Waals surface area contributed by atoms with Crippen LogP contribution in [0.4, 0.5) is 8.78 Å². The summed E-state index contributed by atoms with van der Waals surface area (Å²) >= 11 is 0. The lowest BCUT2D eigenvalue weighted by molar-refractivity contribution is -0.0446. The Bertz CT molecular complexity index is 1090. The molecule has 0 spiro atoms. The van der Waals surface area contributed by atoms with Crippen molar-refractivity contribution >= 4 is 11.0 Å². The molecule has 8 nitrogen and oxygen atoms in total. The first kappa shape index (κ1) is 18.3. The van der Waals surface area contributed by atoms with Crippen molar-refractivity contribution in [3.8, 4) is 6.01 Å². The van der Waals surface area contributed by atoms with Crippen LogP contribution in [0.5, 0.6) is 6.01 Å².